The van der Waals surface area contributed by atoms with Gasteiger partial charge in [0, 0.05) is 13.0 Å². The Hall–Kier alpha value is -1.23. The molecule has 0 unspecified atom stereocenters. The van der Waals surface area contributed by atoms with E-state index in [2.05, 4.69) is 28.8 Å². The number of rotatable bonds is 6. The smallest absolute Gasteiger partial charge is 0.223 e. The lowest BCUT2D eigenvalue weighted by molar-refractivity contribution is 0.116. The molecule has 0 bridgehead atoms. The Morgan fingerprint density at radius 1 is 1.07 bits per heavy atom. The minimum Gasteiger partial charge on any atom is -0.373 e. The summed E-state index contributed by atoms with van der Waals surface area (Å²) in [6, 6.07) is 0. The molecule has 0 amide bonds. The maximum absolute atomic E-state index is 5.58. The molecule has 0 aliphatic rings. The number of aryl methyl sites for hydroxylation is 1. The average molecular weight is 210 g/mol. The van der Waals surface area contributed by atoms with Crippen molar-refractivity contribution in [2.75, 3.05) is 12.3 Å². The third-order valence-electron chi connectivity index (χ3n) is 1.80. The van der Waals surface area contributed by atoms with E-state index in [1.54, 1.807) is 0 Å². The van der Waals surface area contributed by atoms with Gasteiger partial charge < -0.3 is 10.5 Å². The summed E-state index contributed by atoms with van der Waals surface area (Å²) in [5.41, 5.74) is 5.58. The van der Waals surface area contributed by atoms with E-state index in [4.69, 9.17) is 10.5 Å². The van der Waals surface area contributed by atoms with E-state index in [1.807, 2.05) is 0 Å². The van der Waals surface area contributed by atoms with Gasteiger partial charge in [0.2, 0.25) is 5.95 Å². The van der Waals surface area contributed by atoms with Crippen LogP contribution >= 0.6 is 0 Å². The Kier molecular flexibility index (Phi) is 4.97. The summed E-state index contributed by atoms with van der Waals surface area (Å²) in [6.45, 7) is 5.27. The number of hydrogen-bond acceptors (Lipinski definition) is 5. The van der Waals surface area contributed by atoms with Crippen LogP contribution in [-0.2, 0) is 17.8 Å². The molecule has 0 radical (unpaired) electrons. The molecule has 0 spiro atoms. The van der Waals surface area contributed by atoms with Crippen LogP contribution in [0, 0.1) is 0 Å². The van der Waals surface area contributed by atoms with Crippen molar-refractivity contribution in [1.29, 1.82) is 0 Å². The molecule has 0 aromatic carbocycles. The largest absolute Gasteiger partial charge is 0.373 e. The van der Waals surface area contributed by atoms with Crippen molar-refractivity contribution < 1.29 is 4.74 Å². The first kappa shape index (κ1) is 11.8. The Bertz CT molecular complexity index is 303. The minimum absolute atomic E-state index is 0.281. The minimum atomic E-state index is 0.281. The number of aromatic nitrogens is 3. The Labute approximate surface area is 90.1 Å². The first-order valence-electron chi connectivity index (χ1n) is 5.33. The second-order valence-electron chi connectivity index (χ2n) is 3.33. The van der Waals surface area contributed by atoms with Crippen LogP contribution in [0.15, 0.2) is 0 Å². The molecular formula is C10H18N4O. The second-order valence-corrected chi connectivity index (χ2v) is 3.33. The van der Waals surface area contributed by atoms with Crippen molar-refractivity contribution in [3.8, 4) is 0 Å². The summed E-state index contributed by atoms with van der Waals surface area (Å²) in [4.78, 5) is 12.3. The lowest BCUT2D eigenvalue weighted by Gasteiger charge is -2.04. The van der Waals surface area contributed by atoms with E-state index < -0.39 is 0 Å². The van der Waals surface area contributed by atoms with Gasteiger partial charge in [-0.15, -0.1) is 0 Å². The molecule has 1 heterocycles. The summed E-state index contributed by atoms with van der Waals surface area (Å²) in [5, 5.41) is 0. The molecule has 0 saturated carbocycles. The van der Waals surface area contributed by atoms with Crippen LogP contribution in [-0.4, -0.2) is 21.6 Å². The summed E-state index contributed by atoms with van der Waals surface area (Å²) in [5.74, 6) is 1.66. The molecule has 0 atom stereocenters. The van der Waals surface area contributed by atoms with Gasteiger partial charge in [-0.25, -0.2) is 4.98 Å². The molecule has 2 N–H and O–H groups in total. The van der Waals surface area contributed by atoms with Crippen LogP contribution in [0.4, 0.5) is 5.95 Å². The molecule has 1 rings (SSSR count). The lowest BCUT2D eigenvalue weighted by Crippen LogP contribution is -2.08. The fourth-order valence-electron chi connectivity index (χ4n) is 1.20. The maximum atomic E-state index is 5.58. The predicted octanol–water partition coefficient (Wildman–Crippen LogP) is 1.33. The molecular weight excluding hydrogens is 192 g/mol. The Morgan fingerprint density at radius 3 is 2.47 bits per heavy atom. The van der Waals surface area contributed by atoms with Crippen LogP contribution in [0.5, 0.6) is 0 Å². The second kappa shape index (κ2) is 6.29. The first-order valence-corrected chi connectivity index (χ1v) is 5.33. The van der Waals surface area contributed by atoms with E-state index in [1.165, 1.54) is 0 Å². The van der Waals surface area contributed by atoms with Crippen molar-refractivity contribution in [3.05, 3.63) is 11.6 Å². The molecule has 0 aliphatic heterocycles. The molecule has 0 aliphatic carbocycles. The number of hydrogen-bond donors (Lipinski definition) is 1. The van der Waals surface area contributed by atoms with Crippen LogP contribution in [0.2, 0.25) is 0 Å². The molecule has 0 saturated heterocycles. The molecule has 1 aromatic heterocycles. The number of nitrogen functional groups attached to an aromatic ring is 1. The van der Waals surface area contributed by atoms with Crippen LogP contribution in [0.3, 0.4) is 0 Å². The van der Waals surface area contributed by atoms with Crippen LogP contribution in [0.25, 0.3) is 0 Å². The summed E-state index contributed by atoms with van der Waals surface area (Å²) in [7, 11) is 0. The molecule has 1 aromatic rings. The highest BCUT2D eigenvalue weighted by Crippen LogP contribution is 2.02. The highest BCUT2D eigenvalue weighted by Gasteiger charge is 2.03. The summed E-state index contributed by atoms with van der Waals surface area (Å²) in [6.07, 6.45) is 2.81. The van der Waals surface area contributed by atoms with Crippen molar-refractivity contribution in [1.82, 2.24) is 15.0 Å². The van der Waals surface area contributed by atoms with Crippen LogP contribution < -0.4 is 5.73 Å². The van der Waals surface area contributed by atoms with Gasteiger partial charge in [0.15, 0.2) is 5.82 Å². The fraction of sp³-hybridized carbons (Fsp3) is 0.700. The van der Waals surface area contributed by atoms with Crippen molar-refractivity contribution in [3.63, 3.8) is 0 Å². The zero-order valence-corrected chi connectivity index (χ0v) is 9.36. The van der Waals surface area contributed by atoms with Gasteiger partial charge in [-0.05, 0) is 12.8 Å². The van der Waals surface area contributed by atoms with E-state index >= 15 is 0 Å². The molecule has 5 heteroatoms. The van der Waals surface area contributed by atoms with E-state index in [0.717, 1.165) is 25.1 Å². The van der Waals surface area contributed by atoms with Crippen molar-refractivity contribution in [2.45, 2.75) is 39.7 Å². The monoisotopic (exact) mass is 210 g/mol. The SMILES string of the molecule is CCCOCc1nc(N)nc(CCC)n1. The molecule has 5 nitrogen and oxygen atoms in total. The topological polar surface area (TPSA) is 73.9 Å². The zero-order valence-electron chi connectivity index (χ0n) is 9.36. The molecule has 84 valence electrons. The highest BCUT2D eigenvalue weighted by atomic mass is 16.5. The number of ether oxygens (including phenoxy) is 1. The van der Waals surface area contributed by atoms with Gasteiger partial charge >= 0.3 is 0 Å². The average Bonchev–Trinajstić information content (AvgIpc) is 2.18. The zero-order chi connectivity index (χ0) is 11.1. The summed E-state index contributed by atoms with van der Waals surface area (Å²) < 4.78 is 5.35. The Morgan fingerprint density at radius 2 is 1.80 bits per heavy atom. The van der Waals surface area contributed by atoms with Gasteiger partial charge in [0.1, 0.15) is 12.4 Å². The van der Waals surface area contributed by atoms with Crippen molar-refractivity contribution in [2.24, 2.45) is 0 Å². The van der Waals surface area contributed by atoms with E-state index in [0.29, 0.717) is 19.0 Å². The van der Waals surface area contributed by atoms with Gasteiger partial charge in [-0.1, -0.05) is 13.8 Å². The van der Waals surface area contributed by atoms with Gasteiger partial charge in [0.25, 0.3) is 0 Å². The van der Waals surface area contributed by atoms with Gasteiger partial charge in [-0.2, -0.15) is 9.97 Å². The van der Waals surface area contributed by atoms with E-state index in [-0.39, 0.29) is 5.95 Å². The Balaban J connectivity index is 2.62. The maximum Gasteiger partial charge on any atom is 0.223 e. The number of nitrogens with two attached hydrogens (primary N) is 1. The summed E-state index contributed by atoms with van der Waals surface area (Å²) >= 11 is 0. The molecule has 0 fully saturated rings. The van der Waals surface area contributed by atoms with Gasteiger partial charge in [-0.3, -0.25) is 0 Å². The fourth-order valence-corrected chi connectivity index (χ4v) is 1.20. The molecule has 15 heavy (non-hydrogen) atoms. The lowest BCUT2D eigenvalue weighted by atomic mass is 10.3. The first-order chi connectivity index (χ1) is 7.26. The third-order valence-corrected chi connectivity index (χ3v) is 1.80. The quantitative estimate of drug-likeness (QED) is 0.717. The normalized spacial score (nSPS) is 10.5. The number of nitrogens with zero attached hydrogens (tertiary/aromatic N) is 3. The van der Waals surface area contributed by atoms with Crippen LogP contribution in [0.1, 0.15) is 38.3 Å². The number of anilines is 1. The standard InChI is InChI=1S/C10H18N4O/c1-3-5-8-12-9(7-15-6-4-2)14-10(11)13-8/h3-7H2,1-2H3,(H2,11,12,13,14). The van der Waals surface area contributed by atoms with Crippen molar-refractivity contribution >= 4 is 5.95 Å². The highest BCUT2D eigenvalue weighted by molar-refractivity contribution is 5.15. The third kappa shape index (κ3) is 4.20. The predicted molar refractivity (Wildman–Crippen MR) is 58.2 cm³/mol. The van der Waals surface area contributed by atoms with E-state index in [9.17, 15) is 0 Å². The van der Waals surface area contributed by atoms with Gasteiger partial charge in [0.05, 0.1) is 0 Å².